The van der Waals surface area contributed by atoms with E-state index >= 15 is 0 Å². The first-order valence-electron chi connectivity index (χ1n) is 14.7. The predicted molar refractivity (Wildman–Crippen MR) is 165 cm³/mol. The molecule has 0 bridgehead atoms. The number of nitrogens with two attached hydrogens (primary N) is 1. The van der Waals surface area contributed by atoms with Gasteiger partial charge in [0.15, 0.2) is 17.3 Å². The molecule has 15 heteroatoms. The quantitative estimate of drug-likeness (QED) is 0.179. The number of allylic oxidation sites excluding steroid dienone is 1. The third-order valence-corrected chi connectivity index (χ3v) is 9.15. The van der Waals surface area contributed by atoms with Crippen LogP contribution in [-0.2, 0) is 25.6 Å². The molecule has 0 spiro atoms. The molecule has 3 amide bonds. The van der Waals surface area contributed by atoms with Crippen LogP contribution in [0.15, 0.2) is 47.2 Å². The molecule has 3 aliphatic carbocycles. The number of hydrogen-bond donors (Lipinski definition) is 10. The van der Waals surface area contributed by atoms with Crippen LogP contribution in [0.5, 0.6) is 17.2 Å². The van der Waals surface area contributed by atoms with Gasteiger partial charge < -0.3 is 57.5 Å². The largest absolute Gasteiger partial charge is 0.804 e. The summed E-state index contributed by atoms with van der Waals surface area (Å²) in [6.45, 7) is 1.79. The number of aliphatic hydroxyl groups is 4. The number of aliphatic hydroxyl groups excluding tert-OH is 3. The molecule has 1 saturated carbocycles. The summed E-state index contributed by atoms with van der Waals surface area (Å²) in [5.41, 5.74) is 0.119. The van der Waals surface area contributed by atoms with Gasteiger partial charge in [0.05, 0.1) is 22.9 Å². The number of rotatable bonds is 8. The number of ketones is 1. The molecule has 5 rings (SSSR count). The van der Waals surface area contributed by atoms with Crippen molar-refractivity contribution >= 4 is 40.7 Å². The van der Waals surface area contributed by atoms with Crippen LogP contribution in [0.3, 0.4) is 0 Å². The average molecular weight is 650 g/mol. The molecule has 3 aliphatic rings. The molecule has 2 aromatic carbocycles. The Morgan fingerprint density at radius 3 is 2.36 bits per heavy atom. The number of Topliss-reactive ketones (excluding diaryl/α,β-unsaturated/α-hetero) is 1. The normalized spacial score (nSPS) is 25.1. The third kappa shape index (κ3) is 5.42. The Kier molecular flexibility index (Phi) is 8.47. The van der Waals surface area contributed by atoms with Gasteiger partial charge in [0.1, 0.15) is 22.9 Å². The molecule has 0 aliphatic heterocycles. The van der Waals surface area contributed by atoms with Gasteiger partial charge >= 0.3 is 0 Å². The average Bonchev–Trinajstić information content (AvgIpc) is 3.00. The van der Waals surface area contributed by atoms with Crippen molar-refractivity contribution in [1.29, 1.82) is 0 Å². The molecule has 0 aromatic heterocycles. The van der Waals surface area contributed by atoms with Crippen LogP contribution in [0.4, 0.5) is 5.69 Å². The summed E-state index contributed by atoms with van der Waals surface area (Å²) in [6, 6.07) is 7.07. The van der Waals surface area contributed by atoms with Crippen molar-refractivity contribution < 1.29 is 54.9 Å². The Bertz CT molecular complexity index is 1800. The molecule has 0 radical (unpaired) electrons. The van der Waals surface area contributed by atoms with Crippen molar-refractivity contribution in [2.24, 2.45) is 17.6 Å². The number of nitrogens with zero attached hydrogens (tertiary/aromatic N) is 1. The Morgan fingerprint density at radius 1 is 1.02 bits per heavy atom. The number of amides is 3. The molecule has 0 heterocycles. The first kappa shape index (κ1) is 33.0. The van der Waals surface area contributed by atoms with E-state index in [0.717, 1.165) is 0 Å². The number of phenols is 3. The maximum absolute atomic E-state index is 13.8. The Balaban J connectivity index is 1.33. The van der Waals surface area contributed by atoms with Gasteiger partial charge in [-0.15, -0.1) is 5.71 Å². The second kappa shape index (κ2) is 12.1. The minimum atomic E-state index is -2.93. The van der Waals surface area contributed by atoms with Crippen LogP contribution >= 0.6 is 0 Å². The molecular formula is C32H33N4O11-. The molecular weight excluding hydrogens is 616 g/mol. The summed E-state index contributed by atoms with van der Waals surface area (Å²) < 4.78 is 0. The summed E-state index contributed by atoms with van der Waals surface area (Å²) in [6.07, 6.45) is -2.35. The highest BCUT2D eigenvalue weighted by Crippen LogP contribution is 2.55. The smallest absolute Gasteiger partial charge is 0.250 e. The van der Waals surface area contributed by atoms with Crippen LogP contribution in [0, 0.1) is 11.8 Å². The van der Waals surface area contributed by atoms with Crippen molar-refractivity contribution in [3.8, 4) is 17.2 Å². The van der Waals surface area contributed by atoms with Crippen molar-refractivity contribution in [2.45, 2.75) is 50.2 Å². The van der Waals surface area contributed by atoms with Crippen molar-refractivity contribution in [2.75, 3.05) is 11.9 Å². The summed E-state index contributed by atoms with van der Waals surface area (Å²) >= 11 is 0. The van der Waals surface area contributed by atoms with E-state index in [0.29, 0.717) is 12.0 Å². The minimum Gasteiger partial charge on any atom is -0.804 e. The molecule has 15 nitrogen and oxygen atoms in total. The van der Waals surface area contributed by atoms with Gasteiger partial charge in [-0.3, -0.25) is 19.2 Å². The number of hydrogen-bond acceptors (Lipinski definition) is 11. The van der Waals surface area contributed by atoms with E-state index < -0.39 is 93.5 Å². The summed E-state index contributed by atoms with van der Waals surface area (Å²) in [4.78, 5) is 50.6. The Morgan fingerprint density at radius 2 is 1.70 bits per heavy atom. The summed E-state index contributed by atoms with van der Waals surface area (Å²) in [7, 11) is 0. The molecule has 11 N–H and O–H groups in total. The van der Waals surface area contributed by atoms with Gasteiger partial charge in [-0.25, -0.2) is 0 Å². The summed E-state index contributed by atoms with van der Waals surface area (Å²) in [5, 5.41) is 90.4. The molecule has 0 saturated heterocycles. The SMILES string of the molecule is C[C@H]1c2ccc(NC(=O)CCC(=O)NCCc3ccc(O)c(O)c3)c(O)c2C(O)=C2C(=O)[C@]3(O)C(=[N-])C(C(N)=O)=C(O)CC3[C@@H](O)C21. The van der Waals surface area contributed by atoms with E-state index in [2.05, 4.69) is 10.6 Å². The van der Waals surface area contributed by atoms with E-state index in [1.165, 1.54) is 24.3 Å². The fourth-order valence-electron chi connectivity index (χ4n) is 6.72. The number of phenolic OH excluding ortho intramolecular Hbond substituents is 3. The zero-order valence-corrected chi connectivity index (χ0v) is 25.0. The van der Waals surface area contributed by atoms with Gasteiger partial charge in [0, 0.05) is 43.2 Å². The van der Waals surface area contributed by atoms with Crippen molar-refractivity contribution in [3.05, 3.63) is 69.3 Å². The lowest BCUT2D eigenvalue weighted by molar-refractivity contribution is -0.146. The number of primary amides is 1. The number of anilines is 1. The molecule has 2 unspecified atom stereocenters. The van der Waals surface area contributed by atoms with Crippen molar-refractivity contribution in [3.63, 3.8) is 0 Å². The Labute approximate surface area is 267 Å². The molecule has 2 aromatic rings. The lowest BCUT2D eigenvalue weighted by Crippen LogP contribution is -2.66. The summed E-state index contributed by atoms with van der Waals surface area (Å²) in [5.74, 6) is -9.89. The van der Waals surface area contributed by atoms with Gasteiger partial charge in [-0.2, -0.15) is 0 Å². The standard InChI is InChI=1S/C32H33N4O11/c1-12-14-3-4-16(36-21(41)7-6-20(40)35-9-8-13-2-5-17(37)18(38)10-13)27(43)23(14)28(44)25-22(12)26(42)15-11-19(39)24(31(34)46)29(33)32(15,47)30(25)45/h2-5,10,12,15,22,26,37-39,42-44,47H,6-9,11H2,1H3,(H2,34,46)(H,35,40)(H,36,41)/q-1/t12-,15?,22?,26+,32+/m0/s1. The van der Waals surface area contributed by atoms with E-state index in [-0.39, 0.29) is 47.7 Å². The van der Waals surface area contributed by atoms with E-state index in [9.17, 15) is 60.3 Å². The van der Waals surface area contributed by atoms with Crippen LogP contribution in [0.1, 0.15) is 48.8 Å². The first-order chi connectivity index (χ1) is 22.1. The molecule has 5 atom stereocenters. The van der Waals surface area contributed by atoms with Crippen LogP contribution in [0.2, 0.25) is 0 Å². The second-order valence-corrected chi connectivity index (χ2v) is 11.9. The van der Waals surface area contributed by atoms with Gasteiger partial charge in [0.2, 0.25) is 11.8 Å². The fourth-order valence-corrected chi connectivity index (χ4v) is 6.72. The van der Waals surface area contributed by atoms with Crippen molar-refractivity contribution in [1.82, 2.24) is 5.32 Å². The zero-order chi connectivity index (χ0) is 34.5. The van der Waals surface area contributed by atoms with Crippen LogP contribution in [-0.4, -0.2) is 83.2 Å². The predicted octanol–water partition coefficient (Wildman–Crippen LogP) is 0.886. The van der Waals surface area contributed by atoms with Gasteiger partial charge in [0.25, 0.3) is 5.91 Å². The number of carbonyl (C=O) groups is 4. The maximum atomic E-state index is 13.8. The highest BCUT2D eigenvalue weighted by Gasteiger charge is 2.61. The van der Waals surface area contributed by atoms with Gasteiger partial charge in [-0.1, -0.05) is 19.1 Å². The van der Waals surface area contributed by atoms with E-state index in [4.69, 9.17) is 5.73 Å². The van der Waals surface area contributed by atoms with Gasteiger partial charge in [-0.05, 0) is 41.7 Å². The maximum Gasteiger partial charge on any atom is 0.250 e. The number of carbonyl (C=O) groups excluding carboxylic acids is 4. The second-order valence-electron chi connectivity index (χ2n) is 11.9. The van der Waals surface area contributed by atoms with Crippen LogP contribution in [0.25, 0.3) is 11.2 Å². The monoisotopic (exact) mass is 649 g/mol. The zero-order valence-electron chi connectivity index (χ0n) is 25.0. The number of aromatic hydroxyl groups is 3. The van der Waals surface area contributed by atoms with Crippen LogP contribution < -0.4 is 16.4 Å². The highest BCUT2D eigenvalue weighted by atomic mass is 16.3. The van der Waals surface area contributed by atoms with E-state index in [1.807, 2.05) is 0 Å². The first-order valence-corrected chi connectivity index (χ1v) is 14.7. The third-order valence-electron chi connectivity index (χ3n) is 9.15. The lowest BCUT2D eigenvalue weighted by atomic mass is 9.55. The minimum absolute atomic E-state index is 0.171. The molecule has 248 valence electrons. The van der Waals surface area contributed by atoms with E-state index in [1.54, 1.807) is 13.0 Å². The molecule has 47 heavy (non-hydrogen) atoms. The lowest BCUT2D eigenvalue weighted by Gasteiger charge is -2.53. The number of benzene rings is 2. The number of fused-ring (bicyclic) bond motifs is 3. The topological polar surface area (TPSA) is 282 Å². The highest BCUT2D eigenvalue weighted by molar-refractivity contribution is 6.35. The molecule has 1 fully saturated rings. The number of nitrogens with one attached hydrogen (secondary N) is 2. The Hall–Kier alpha value is -5.41. The fraction of sp³-hybridized carbons (Fsp3) is 0.344.